The molecule has 0 heterocycles. The lowest BCUT2D eigenvalue weighted by atomic mass is 10.1. The number of nitrogens with zero attached hydrogens (tertiary/aromatic N) is 1. The van der Waals surface area contributed by atoms with Crippen LogP contribution in [0.25, 0.3) is 0 Å². The van der Waals surface area contributed by atoms with E-state index in [9.17, 15) is 13.2 Å². The van der Waals surface area contributed by atoms with Crippen molar-refractivity contribution in [3.63, 3.8) is 0 Å². The minimum absolute atomic E-state index is 0.102. The molecule has 3 nitrogen and oxygen atoms in total. The fourth-order valence-corrected chi connectivity index (χ4v) is 1.99. The van der Waals surface area contributed by atoms with Crippen molar-refractivity contribution in [2.75, 3.05) is 33.3 Å². The standard InChI is InChI=1S/C13H18ClF3N2O/c1-19(6-7-20)5-4-18-9-10-2-3-11(12(14)8-10)13(15,16)17/h2-3,8,18,20H,4-7,9H2,1H3. The van der Waals surface area contributed by atoms with Gasteiger partial charge >= 0.3 is 6.18 Å². The molecule has 0 aromatic heterocycles. The number of hydrogen-bond donors (Lipinski definition) is 2. The second-order valence-electron chi connectivity index (χ2n) is 4.52. The Bertz CT molecular complexity index is 427. The van der Waals surface area contributed by atoms with Crippen LogP contribution in [-0.2, 0) is 12.7 Å². The van der Waals surface area contributed by atoms with Crippen LogP contribution in [0.4, 0.5) is 13.2 Å². The van der Waals surface area contributed by atoms with E-state index >= 15 is 0 Å². The smallest absolute Gasteiger partial charge is 0.395 e. The van der Waals surface area contributed by atoms with E-state index in [0.717, 1.165) is 12.6 Å². The van der Waals surface area contributed by atoms with Crippen LogP contribution in [0.5, 0.6) is 0 Å². The largest absolute Gasteiger partial charge is 0.417 e. The van der Waals surface area contributed by atoms with Crippen molar-refractivity contribution in [1.29, 1.82) is 0 Å². The van der Waals surface area contributed by atoms with E-state index in [0.29, 0.717) is 25.2 Å². The number of halogens is 4. The van der Waals surface area contributed by atoms with Crippen molar-refractivity contribution in [3.05, 3.63) is 34.3 Å². The Labute approximate surface area is 121 Å². The topological polar surface area (TPSA) is 35.5 Å². The van der Waals surface area contributed by atoms with Gasteiger partial charge in [-0.25, -0.2) is 0 Å². The minimum Gasteiger partial charge on any atom is -0.395 e. The lowest BCUT2D eigenvalue weighted by Crippen LogP contribution is -2.30. The maximum absolute atomic E-state index is 12.5. The van der Waals surface area contributed by atoms with E-state index in [-0.39, 0.29) is 11.6 Å². The summed E-state index contributed by atoms with van der Waals surface area (Å²) in [5, 5.41) is 11.6. The summed E-state index contributed by atoms with van der Waals surface area (Å²) in [5.41, 5.74) is -0.113. The molecule has 0 unspecified atom stereocenters. The van der Waals surface area contributed by atoms with Gasteiger partial charge in [0.05, 0.1) is 17.2 Å². The molecular weight excluding hydrogens is 293 g/mol. The molecule has 1 rings (SSSR count). The Morgan fingerprint density at radius 1 is 1.30 bits per heavy atom. The average molecular weight is 311 g/mol. The molecule has 20 heavy (non-hydrogen) atoms. The van der Waals surface area contributed by atoms with Gasteiger partial charge in [0, 0.05) is 26.2 Å². The van der Waals surface area contributed by atoms with Gasteiger partial charge in [0.1, 0.15) is 0 Å². The van der Waals surface area contributed by atoms with Gasteiger partial charge in [-0.3, -0.25) is 0 Å². The highest BCUT2D eigenvalue weighted by atomic mass is 35.5. The summed E-state index contributed by atoms with van der Waals surface area (Å²) in [6, 6.07) is 3.74. The molecule has 0 spiro atoms. The summed E-state index contributed by atoms with van der Waals surface area (Å²) in [6.07, 6.45) is -4.42. The van der Waals surface area contributed by atoms with Crippen LogP contribution in [0.1, 0.15) is 11.1 Å². The van der Waals surface area contributed by atoms with E-state index in [2.05, 4.69) is 5.32 Å². The van der Waals surface area contributed by atoms with Gasteiger partial charge in [-0.2, -0.15) is 13.2 Å². The highest BCUT2D eigenvalue weighted by Crippen LogP contribution is 2.34. The fraction of sp³-hybridized carbons (Fsp3) is 0.538. The first-order valence-corrected chi connectivity index (χ1v) is 6.58. The molecule has 7 heteroatoms. The highest BCUT2D eigenvalue weighted by molar-refractivity contribution is 6.31. The average Bonchev–Trinajstić information content (AvgIpc) is 2.33. The fourth-order valence-electron chi connectivity index (χ4n) is 1.68. The number of alkyl halides is 3. The normalized spacial score (nSPS) is 12.2. The maximum Gasteiger partial charge on any atom is 0.417 e. The molecule has 0 aliphatic carbocycles. The van der Waals surface area contributed by atoms with Crippen LogP contribution < -0.4 is 5.32 Å². The van der Waals surface area contributed by atoms with Gasteiger partial charge in [-0.1, -0.05) is 17.7 Å². The lowest BCUT2D eigenvalue weighted by Gasteiger charge is -2.15. The molecule has 114 valence electrons. The van der Waals surface area contributed by atoms with Crippen LogP contribution in [0, 0.1) is 0 Å². The first-order valence-electron chi connectivity index (χ1n) is 6.20. The van der Waals surface area contributed by atoms with E-state index in [1.165, 1.54) is 12.1 Å². The van der Waals surface area contributed by atoms with E-state index in [4.69, 9.17) is 16.7 Å². The van der Waals surface area contributed by atoms with Crippen molar-refractivity contribution >= 4 is 11.6 Å². The molecular formula is C13H18ClF3N2O. The van der Waals surface area contributed by atoms with Crippen molar-refractivity contribution in [2.24, 2.45) is 0 Å². The number of aliphatic hydroxyl groups is 1. The minimum atomic E-state index is -4.42. The number of rotatable bonds is 7. The Morgan fingerprint density at radius 2 is 2.00 bits per heavy atom. The summed E-state index contributed by atoms with van der Waals surface area (Å²) in [5.74, 6) is 0. The van der Waals surface area contributed by atoms with Crippen molar-refractivity contribution in [2.45, 2.75) is 12.7 Å². The van der Waals surface area contributed by atoms with Crippen LogP contribution in [0.3, 0.4) is 0 Å². The monoisotopic (exact) mass is 310 g/mol. The molecule has 0 saturated carbocycles. The number of nitrogens with one attached hydrogen (secondary N) is 1. The Hall–Kier alpha value is -0.820. The first-order chi connectivity index (χ1) is 9.34. The maximum atomic E-state index is 12.5. The van der Waals surface area contributed by atoms with E-state index in [1.807, 2.05) is 11.9 Å². The third kappa shape index (κ3) is 5.66. The lowest BCUT2D eigenvalue weighted by molar-refractivity contribution is -0.137. The third-order valence-electron chi connectivity index (χ3n) is 2.82. The second kappa shape index (κ2) is 7.83. The highest BCUT2D eigenvalue weighted by Gasteiger charge is 2.32. The second-order valence-corrected chi connectivity index (χ2v) is 4.92. The Balaban J connectivity index is 2.44. The van der Waals surface area contributed by atoms with E-state index in [1.54, 1.807) is 0 Å². The number of hydrogen-bond acceptors (Lipinski definition) is 3. The zero-order valence-electron chi connectivity index (χ0n) is 11.2. The molecule has 1 aromatic rings. The molecule has 0 amide bonds. The zero-order valence-corrected chi connectivity index (χ0v) is 11.9. The van der Waals surface area contributed by atoms with Crippen molar-refractivity contribution < 1.29 is 18.3 Å². The SMILES string of the molecule is CN(CCO)CCNCc1ccc(C(F)(F)F)c(Cl)c1. The van der Waals surface area contributed by atoms with Crippen LogP contribution in [0.15, 0.2) is 18.2 Å². The summed E-state index contributed by atoms with van der Waals surface area (Å²) in [6.45, 7) is 2.56. The first kappa shape index (κ1) is 17.2. The number of benzene rings is 1. The third-order valence-corrected chi connectivity index (χ3v) is 3.13. The summed E-state index contributed by atoms with van der Waals surface area (Å²) >= 11 is 5.63. The molecule has 0 fully saturated rings. The van der Waals surface area contributed by atoms with Gasteiger partial charge in [-0.05, 0) is 24.7 Å². The number of likely N-dealkylation sites (N-methyl/N-ethyl adjacent to an activating group) is 1. The molecule has 0 bridgehead atoms. The predicted molar refractivity (Wildman–Crippen MR) is 72.7 cm³/mol. The summed E-state index contributed by atoms with van der Waals surface area (Å²) in [7, 11) is 1.88. The van der Waals surface area contributed by atoms with Gasteiger partial charge in [0.15, 0.2) is 0 Å². The van der Waals surface area contributed by atoms with Crippen molar-refractivity contribution in [1.82, 2.24) is 10.2 Å². The molecule has 0 aliphatic heterocycles. The van der Waals surface area contributed by atoms with Crippen LogP contribution in [-0.4, -0.2) is 43.3 Å². The van der Waals surface area contributed by atoms with Gasteiger partial charge in [0.2, 0.25) is 0 Å². The Kier molecular flexibility index (Phi) is 6.75. The van der Waals surface area contributed by atoms with Gasteiger partial charge < -0.3 is 15.3 Å². The van der Waals surface area contributed by atoms with E-state index < -0.39 is 11.7 Å². The molecule has 0 aliphatic rings. The summed E-state index contributed by atoms with van der Waals surface area (Å²) in [4.78, 5) is 1.95. The van der Waals surface area contributed by atoms with Crippen LogP contribution in [0.2, 0.25) is 5.02 Å². The van der Waals surface area contributed by atoms with Crippen molar-refractivity contribution in [3.8, 4) is 0 Å². The quantitative estimate of drug-likeness (QED) is 0.759. The van der Waals surface area contributed by atoms with Crippen LogP contribution >= 0.6 is 11.6 Å². The zero-order chi connectivity index (χ0) is 15.2. The molecule has 2 N–H and O–H groups in total. The predicted octanol–water partition coefficient (Wildman–Crippen LogP) is 2.37. The molecule has 0 radical (unpaired) electrons. The molecule has 0 atom stereocenters. The van der Waals surface area contributed by atoms with Gasteiger partial charge in [-0.15, -0.1) is 0 Å². The van der Waals surface area contributed by atoms with Gasteiger partial charge in [0.25, 0.3) is 0 Å². The Morgan fingerprint density at radius 3 is 2.55 bits per heavy atom. The molecule has 1 aromatic carbocycles. The summed E-state index contributed by atoms with van der Waals surface area (Å²) < 4.78 is 37.6. The molecule has 0 saturated heterocycles. The number of aliphatic hydroxyl groups excluding tert-OH is 1.